The number of benzene rings is 1. The number of hydrogen-bond acceptors (Lipinski definition) is 3. The van der Waals surface area contributed by atoms with Crippen LogP contribution in [0, 0.1) is 0 Å². The summed E-state index contributed by atoms with van der Waals surface area (Å²) in [7, 11) is 0. The first kappa shape index (κ1) is 10.9. The van der Waals surface area contributed by atoms with Crippen LogP contribution in [0.25, 0.3) is 0 Å². The standard InChI is InChI=1S/C10H12O3S/c11-9-4-3-7(2-1-5-14)6-8(9)10(12)13/h3-4,6,11,14H,1-2,5H2,(H,12,13). The van der Waals surface area contributed by atoms with Crippen molar-refractivity contribution in [3.05, 3.63) is 29.3 Å². The van der Waals surface area contributed by atoms with E-state index in [1.807, 2.05) is 0 Å². The fraction of sp³-hybridized carbons (Fsp3) is 0.300. The zero-order valence-corrected chi connectivity index (χ0v) is 8.50. The molecule has 0 aromatic heterocycles. The van der Waals surface area contributed by atoms with E-state index in [-0.39, 0.29) is 11.3 Å². The van der Waals surface area contributed by atoms with Gasteiger partial charge in [0.05, 0.1) is 0 Å². The molecule has 1 rings (SSSR count). The van der Waals surface area contributed by atoms with Gasteiger partial charge < -0.3 is 10.2 Å². The summed E-state index contributed by atoms with van der Waals surface area (Å²) < 4.78 is 0. The maximum Gasteiger partial charge on any atom is 0.339 e. The van der Waals surface area contributed by atoms with Gasteiger partial charge in [0.25, 0.3) is 0 Å². The van der Waals surface area contributed by atoms with Crippen molar-refractivity contribution in [2.24, 2.45) is 0 Å². The van der Waals surface area contributed by atoms with Crippen molar-refractivity contribution in [1.82, 2.24) is 0 Å². The Hall–Kier alpha value is -1.16. The lowest BCUT2D eigenvalue weighted by molar-refractivity contribution is 0.0693. The number of aryl methyl sites for hydroxylation is 1. The molecule has 0 aliphatic rings. The SMILES string of the molecule is O=C(O)c1cc(CCCS)ccc1O. The Bertz CT molecular complexity index is 336. The quantitative estimate of drug-likeness (QED) is 0.669. The van der Waals surface area contributed by atoms with Gasteiger partial charge in [-0.3, -0.25) is 0 Å². The molecule has 1 aromatic rings. The molecule has 0 heterocycles. The van der Waals surface area contributed by atoms with E-state index in [2.05, 4.69) is 12.6 Å². The average molecular weight is 212 g/mol. The van der Waals surface area contributed by atoms with Crippen LogP contribution in [-0.4, -0.2) is 21.9 Å². The highest BCUT2D eigenvalue weighted by molar-refractivity contribution is 7.80. The van der Waals surface area contributed by atoms with Gasteiger partial charge in [-0.05, 0) is 36.3 Å². The van der Waals surface area contributed by atoms with Crippen molar-refractivity contribution in [3.8, 4) is 5.75 Å². The molecular weight excluding hydrogens is 200 g/mol. The minimum atomic E-state index is -1.10. The summed E-state index contributed by atoms with van der Waals surface area (Å²) in [6, 6.07) is 4.64. The van der Waals surface area contributed by atoms with E-state index < -0.39 is 5.97 Å². The molecular formula is C10H12O3S. The third-order valence-electron chi connectivity index (χ3n) is 1.91. The van der Waals surface area contributed by atoms with E-state index >= 15 is 0 Å². The number of hydrogen-bond donors (Lipinski definition) is 3. The second-order valence-corrected chi connectivity index (χ2v) is 3.43. The highest BCUT2D eigenvalue weighted by atomic mass is 32.1. The van der Waals surface area contributed by atoms with E-state index in [0.29, 0.717) is 0 Å². The number of carboxylic acids is 1. The van der Waals surface area contributed by atoms with Crippen LogP contribution >= 0.6 is 12.6 Å². The number of carbonyl (C=O) groups is 1. The highest BCUT2D eigenvalue weighted by Crippen LogP contribution is 2.19. The van der Waals surface area contributed by atoms with E-state index in [9.17, 15) is 9.90 Å². The monoisotopic (exact) mass is 212 g/mol. The number of aromatic hydroxyl groups is 1. The molecule has 0 spiro atoms. The van der Waals surface area contributed by atoms with Crippen LogP contribution < -0.4 is 0 Å². The summed E-state index contributed by atoms with van der Waals surface area (Å²) in [6.45, 7) is 0. The van der Waals surface area contributed by atoms with Crippen LogP contribution in [0.15, 0.2) is 18.2 Å². The van der Waals surface area contributed by atoms with Gasteiger partial charge in [-0.15, -0.1) is 0 Å². The number of rotatable bonds is 4. The molecule has 0 unspecified atom stereocenters. The Balaban J connectivity index is 2.89. The van der Waals surface area contributed by atoms with Crippen LogP contribution in [0.5, 0.6) is 5.75 Å². The topological polar surface area (TPSA) is 57.5 Å². The minimum Gasteiger partial charge on any atom is -0.507 e. The molecule has 3 nitrogen and oxygen atoms in total. The van der Waals surface area contributed by atoms with Crippen molar-refractivity contribution < 1.29 is 15.0 Å². The van der Waals surface area contributed by atoms with Gasteiger partial charge >= 0.3 is 5.97 Å². The molecule has 0 saturated carbocycles. The Morgan fingerprint density at radius 2 is 2.14 bits per heavy atom. The predicted octanol–water partition coefficient (Wildman–Crippen LogP) is 1.95. The lowest BCUT2D eigenvalue weighted by Crippen LogP contribution is -1.98. The van der Waals surface area contributed by atoms with Crippen molar-refractivity contribution >= 4 is 18.6 Å². The van der Waals surface area contributed by atoms with Crippen LogP contribution in [-0.2, 0) is 6.42 Å². The molecule has 0 amide bonds. The van der Waals surface area contributed by atoms with E-state index in [4.69, 9.17) is 5.11 Å². The summed E-state index contributed by atoms with van der Waals surface area (Å²) in [5.41, 5.74) is 0.871. The molecule has 4 heteroatoms. The second kappa shape index (κ2) is 4.91. The first-order chi connectivity index (χ1) is 6.65. The maximum absolute atomic E-state index is 10.7. The smallest absolute Gasteiger partial charge is 0.339 e. The number of phenols is 1. The normalized spacial score (nSPS) is 10.1. The van der Waals surface area contributed by atoms with Crippen molar-refractivity contribution in [2.75, 3.05) is 5.75 Å². The fourth-order valence-electron chi connectivity index (χ4n) is 1.19. The van der Waals surface area contributed by atoms with Crippen LogP contribution in [0.1, 0.15) is 22.3 Å². The first-order valence-corrected chi connectivity index (χ1v) is 4.94. The molecule has 0 radical (unpaired) electrons. The molecule has 0 bridgehead atoms. The molecule has 76 valence electrons. The van der Waals surface area contributed by atoms with E-state index in [0.717, 1.165) is 24.2 Å². The zero-order chi connectivity index (χ0) is 10.6. The molecule has 0 saturated heterocycles. The van der Waals surface area contributed by atoms with Crippen molar-refractivity contribution in [1.29, 1.82) is 0 Å². The van der Waals surface area contributed by atoms with Gasteiger partial charge in [0.1, 0.15) is 11.3 Å². The molecule has 0 aliphatic heterocycles. The summed E-state index contributed by atoms with van der Waals surface area (Å²) >= 11 is 4.07. The lowest BCUT2D eigenvalue weighted by Gasteiger charge is -2.03. The average Bonchev–Trinajstić information content (AvgIpc) is 2.16. The number of thiol groups is 1. The third-order valence-corrected chi connectivity index (χ3v) is 2.23. The molecule has 14 heavy (non-hydrogen) atoms. The fourth-order valence-corrected chi connectivity index (χ4v) is 1.35. The first-order valence-electron chi connectivity index (χ1n) is 4.31. The molecule has 0 fully saturated rings. The maximum atomic E-state index is 10.7. The summed E-state index contributed by atoms with van der Waals surface area (Å²) in [5, 5.41) is 18.0. The van der Waals surface area contributed by atoms with Crippen LogP contribution in [0.4, 0.5) is 0 Å². The summed E-state index contributed by atoms with van der Waals surface area (Å²) in [6.07, 6.45) is 1.68. The minimum absolute atomic E-state index is 0.0401. The zero-order valence-electron chi connectivity index (χ0n) is 7.60. The summed E-state index contributed by atoms with van der Waals surface area (Å²) in [4.78, 5) is 10.7. The number of carboxylic acid groups (broad SMARTS) is 1. The summed E-state index contributed by atoms with van der Waals surface area (Å²) in [5.74, 6) is -0.522. The van der Waals surface area contributed by atoms with Gasteiger partial charge in [0.2, 0.25) is 0 Å². The Kier molecular flexibility index (Phi) is 3.83. The van der Waals surface area contributed by atoms with E-state index in [1.165, 1.54) is 12.1 Å². The lowest BCUT2D eigenvalue weighted by atomic mass is 10.1. The van der Waals surface area contributed by atoms with E-state index in [1.54, 1.807) is 6.07 Å². The largest absolute Gasteiger partial charge is 0.507 e. The van der Waals surface area contributed by atoms with Gasteiger partial charge in [0, 0.05) is 0 Å². The third kappa shape index (κ3) is 2.67. The molecule has 0 aliphatic carbocycles. The number of aromatic carboxylic acids is 1. The van der Waals surface area contributed by atoms with Gasteiger partial charge in [-0.1, -0.05) is 6.07 Å². The van der Waals surface area contributed by atoms with Crippen molar-refractivity contribution in [3.63, 3.8) is 0 Å². The Morgan fingerprint density at radius 3 is 2.71 bits per heavy atom. The Labute approximate surface area is 87.8 Å². The predicted molar refractivity (Wildman–Crippen MR) is 57.2 cm³/mol. The molecule has 1 aromatic carbocycles. The van der Waals surface area contributed by atoms with Crippen LogP contribution in [0.3, 0.4) is 0 Å². The molecule has 0 atom stereocenters. The van der Waals surface area contributed by atoms with Crippen molar-refractivity contribution in [2.45, 2.75) is 12.8 Å². The van der Waals surface area contributed by atoms with Gasteiger partial charge in [-0.2, -0.15) is 12.6 Å². The van der Waals surface area contributed by atoms with Gasteiger partial charge in [0.15, 0.2) is 0 Å². The highest BCUT2D eigenvalue weighted by Gasteiger charge is 2.09. The van der Waals surface area contributed by atoms with Crippen LogP contribution in [0.2, 0.25) is 0 Å². The van der Waals surface area contributed by atoms with Gasteiger partial charge in [-0.25, -0.2) is 4.79 Å². The Morgan fingerprint density at radius 1 is 1.43 bits per heavy atom. The molecule has 2 N–H and O–H groups in total. The second-order valence-electron chi connectivity index (χ2n) is 2.98.